The van der Waals surface area contributed by atoms with Gasteiger partial charge in [0.15, 0.2) is 0 Å². The van der Waals surface area contributed by atoms with Crippen molar-refractivity contribution in [1.29, 1.82) is 0 Å². The molecular weight excluding hydrogens is 212 g/mol. The molecule has 0 rings (SSSR count). The summed E-state index contributed by atoms with van der Waals surface area (Å²) in [6.07, 6.45) is 1.20. The summed E-state index contributed by atoms with van der Waals surface area (Å²) in [5.74, 6) is 0.705. The molecule has 0 fully saturated rings. The van der Waals surface area contributed by atoms with Crippen LogP contribution < -0.4 is 5.32 Å². The van der Waals surface area contributed by atoms with E-state index in [1.165, 1.54) is 6.42 Å². The third-order valence-corrected chi connectivity index (χ3v) is 2.91. The smallest absolute Gasteiger partial charge is 0.0630 e. The molecule has 0 aliphatic heterocycles. The Hall–Kier alpha value is -0.120. The fourth-order valence-corrected chi connectivity index (χ4v) is 2.12. The number of nitrogens with one attached hydrogen (secondary N) is 1. The van der Waals surface area contributed by atoms with Crippen LogP contribution in [-0.2, 0) is 4.74 Å². The van der Waals surface area contributed by atoms with Gasteiger partial charge in [0.2, 0.25) is 0 Å². The van der Waals surface area contributed by atoms with Crippen molar-refractivity contribution in [3.63, 3.8) is 0 Å². The summed E-state index contributed by atoms with van der Waals surface area (Å²) >= 11 is 0. The van der Waals surface area contributed by atoms with E-state index >= 15 is 0 Å². The van der Waals surface area contributed by atoms with Gasteiger partial charge < -0.3 is 10.1 Å². The van der Waals surface area contributed by atoms with Gasteiger partial charge >= 0.3 is 0 Å². The van der Waals surface area contributed by atoms with Crippen molar-refractivity contribution < 1.29 is 4.74 Å². The zero-order valence-electron chi connectivity index (χ0n) is 12.6. The summed E-state index contributed by atoms with van der Waals surface area (Å²) in [5, 5.41) is 3.54. The molecular formula is C14H32N2O. The molecule has 0 aromatic carbocycles. The maximum atomic E-state index is 5.36. The van der Waals surface area contributed by atoms with Gasteiger partial charge in [-0.2, -0.15) is 0 Å². The van der Waals surface area contributed by atoms with Crippen molar-refractivity contribution >= 4 is 0 Å². The lowest BCUT2D eigenvalue weighted by Crippen LogP contribution is -2.49. The molecule has 0 aliphatic carbocycles. The third kappa shape index (κ3) is 7.74. The van der Waals surface area contributed by atoms with Gasteiger partial charge in [0.1, 0.15) is 0 Å². The summed E-state index contributed by atoms with van der Waals surface area (Å²) in [7, 11) is 1.79. The molecule has 0 aromatic heterocycles. The van der Waals surface area contributed by atoms with E-state index in [4.69, 9.17) is 4.74 Å². The van der Waals surface area contributed by atoms with E-state index in [1.54, 1.807) is 7.11 Å². The normalized spacial score (nSPS) is 13.9. The van der Waals surface area contributed by atoms with E-state index in [-0.39, 0.29) is 0 Å². The maximum absolute atomic E-state index is 5.36. The standard InChI is InChI=1S/C14H32N2O/c1-7-8-16(13(4)5)14(11-17-6)10-15-9-12(2)3/h12-15H,7-11H2,1-6H3. The van der Waals surface area contributed by atoms with Crippen molar-refractivity contribution in [1.82, 2.24) is 10.2 Å². The molecule has 0 saturated heterocycles. The van der Waals surface area contributed by atoms with Gasteiger partial charge in [0.25, 0.3) is 0 Å². The van der Waals surface area contributed by atoms with Crippen LogP contribution >= 0.6 is 0 Å². The average molecular weight is 244 g/mol. The van der Waals surface area contributed by atoms with Crippen LogP contribution in [0.1, 0.15) is 41.0 Å². The van der Waals surface area contributed by atoms with Gasteiger partial charge in [0, 0.05) is 25.7 Å². The van der Waals surface area contributed by atoms with Gasteiger partial charge in [-0.3, -0.25) is 4.90 Å². The highest BCUT2D eigenvalue weighted by atomic mass is 16.5. The number of nitrogens with zero attached hydrogens (tertiary/aromatic N) is 1. The van der Waals surface area contributed by atoms with E-state index in [2.05, 4.69) is 44.8 Å². The molecule has 0 bridgehead atoms. The fourth-order valence-electron chi connectivity index (χ4n) is 2.12. The van der Waals surface area contributed by atoms with Crippen LogP contribution in [0.15, 0.2) is 0 Å². The second-order valence-corrected chi connectivity index (χ2v) is 5.49. The molecule has 1 unspecified atom stereocenters. The van der Waals surface area contributed by atoms with Gasteiger partial charge in [-0.1, -0.05) is 20.8 Å². The highest BCUT2D eigenvalue weighted by Crippen LogP contribution is 2.07. The molecule has 0 heterocycles. The summed E-state index contributed by atoms with van der Waals surface area (Å²) in [6, 6.07) is 1.06. The predicted molar refractivity (Wildman–Crippen MR) is 75.5 cm³/mol. The predicted octanol–water partition coefficient (Wildman–Crippen LogP) is 2.37. The number of hydrogen-bond donors (Lipinski definition) is 1. The van der Waals surface area contributed by atoms with E-state index < -0.39 is 0 Å². The molecule has 0 spiro atoms. The minimum absolute atomic E-state index is 0.485. The van der Waals surface area contributed by atoms with E-state index in [1.807, 2.05) is 0 Å². The number of rotatable bonds is 10. The molecule has 3 heteroatoms. The maximum Gasteiger partial charge on any atom is 0.0630 e. The molecule has 17 heavy (non-hydrogen) atoms. The zero-order chi connectivity index (χ0) is 13.3. The minimum atomic E-state index is 0.485. The Morgan fingerprint density at radius 1 is 1.12 bits per heavy atom. The van der Waals surface area contributed by atoms with Gasteiger partial charge in [0.05, 0.1) is 6.61 Å². The van der Waals surface area contributed by atoms with Crippen LogP contribution in [0.25, 0.3) is 0 Å². The van der Waals surface area contributed by atoms with Crippen LogP contribution in [0.5, 0.6) is 0 Å². The molecule has 1 atom stereocenters. The molecule has 0 saturated carbocycles. The van der Waals surface area contributed by atoms with Crippen molar-refractivity contribution in [2.45, 2.75) is 53.1 Å². The molecule has 104 valence electrons. The molecule has 0 aliphatic rings. The SMILES string of the molecule is CCCN(C(C)C)C(CNCC(C)C)COC. The third-order valence-electron chi connectivity index (χ3n) is 2.91. The first kappa shape index (κ1) is 16.9. The largest absolute Gasteiger partial charge is 0.383 e. The number of hydrogen-bond acceptors (Lipinski definition) is 3. The Labute approximate surface area is 108 Å². The second-order valence-electron chi connectivity index (χ2n) is 5.49. The second kappa shape index (κ2) is 9.86. The van der Waals surface area contributed by atoms with Crippen molar-refractivity contribution in [3.05, 3.63) is 0 Å². The molecule has 0 radical (unpaired) electrons. The first-order valence-corrected chi connectivity index (χ1v) is 6.98. The van der Waals surface area contributed by atoms with Crippen LogP contribution in [0, 0.1) is 5.92 Å². The molecule has 0 amide bonds. The van der Waals surface area contributed by atoms with Crippen molar-refractivity contribution in [2.24, 2.45) is 5.92 Å². The Kier molecular flexibility index (Phi) is 9.79. The van der Waals surface area contributed by atoms with Crippen LogP contribution in [0.2, 0.25) is 0 Å². The highest BCUT2D eigenvalue weighted by molar-refractivity contribution is 4.76. The fraction of sp³-hybridized carbons (Fsp3) is 1.00. The highest BCUT2D eigenvalue weighted by Gasteiger charge is 2.20. The van der Waals surface area contributed by atoms with Gasteiger partial charge in [-0.25, -0.2) is 0 Å². The first-order chi connectivity index (χ1) is 8.02. The molecule has 0 aromatic rings. The average Bonchev–Trinajstić information content (AvgIpc) is 2.24. The molecule has 3 nitrogen and oxygen atoms in total. The van der Waals surface area contributed by atoms with Crippen molar-refractivity contribution in [2.75, 3.05) is 33.4 Å². The lowest BCUT2D eigenvalue weighted by molar-refractivity contribution is 0.0691. The minimum Gasteiger partial charge on any atom is -0.383 e. The number of ether oxygens (including phenoxy) is 1. The monoisotopic (exact) mass is 244 g/mol. The van der Waals surface area contributed by atoms with E-state index in [9.17, 15) is 0 Å². The number of methoxy groups -OCH3 is 1. The topological polar surface area (TPSA) is 24.5 Å². The first-order valence-electron chi connectivity index (χ1n) is 6.98. The summed E-state index contributed by atoms with van der Waals surface area (Å²) < 4.78 is 5.36. The van der Waals surface area contributed by atoms with Crippen LogP contribution in [-0.4, -0.2) is 50.3 Å². The van der Waals surface area contributed by atoms with E-state index in [0.717, 1.165) is 26.2 Å². The van der Waals surface area contributed by atoms with Gasteiger partial charge in [-0.15, -0.1) is 0 Å². The quantitative estimate of drug-likeness (QED) is 0.638. The molecule has 1 N–H and O–H groups in total. The lowest BCUT2D eigenvalue weighted by atomic mass is 10.1. The summed E-state index contributed by atoms with van der Waals surface area (Å²) in [6.45, 7) is 15.3. The van der Waals surface area contributed by atoms with Crippen molar-refractivity contribution in [3.8, 4) is 0 Å². The van der Waals surface area contributed by atoms with Gasteiger partial charge in [-0.05, 0) is 39.3 Å². The summed E-state index contributed by atoms with van der Waals surface area (Å²) in [4.78, 5) is 2.54. The Morgan fingerprint density at radius 2 is 1.76 bits per heavy atom. The Balaban J connectivity index is 4.24. The zero-order valence-corrected chi connectivity index (χ0v) is 12.6. The van der Waals surface area contributed by atoms with Crippen LogP contribution in [0.3, 0.4) is 0 Å². The lowest BCUT2D eigenvalue weighted by Gasteiger charge is -2.34. The van der Waals surface area contributed by atoms with E-state index in [0.29, 0.717) is 18.0 Å². The Bertz CT molecular complexity index is 172. The Morgan fingerprint density at radius 3 is 2.18 bits per heavy atom. The summed E-state index contributed by atoms with van der Waals surface area (Å²) in [5.41, 5.74) is 0. The van der Waals surface area contributed by atoms with Crippen LogP contribution in [0.4, 0.5) is 0 Å².